The van der Waals surface area contributed by atoms with Crippen molar-refractivity contribution in [3.05, 3.63) is 53.4 Å². The maximum Gasteiger partial charge on any atom is 0.150 e. The Kier molecular flexibility index (Phi) is 3.94. The van der Waals surface area contributed by atoms with Gasteiger partial charge < -0.3 is 9.84 Å². The molecule has 0 aliphatic rings. The van der Waals surface area contributed by atoms with Gasteiger partial charge in [0.25, 0.3) is 0 Å². The van der Waals surface area contributed by atoms with Gasteiger partial charge in [-0.3, -0.25) is 0 Å². The van der Waals surface area contributed by atoms with E-state index in [2.05, 4.69) is 48.6 Å². The second-order valence-corrected chi connectivity index (χ2v) is 4.18. The Hall–Kier alpha value is -1.61. The van der Waals surface area contributed by atoms with Crippen LogP contribution in [0, 0.1) is 0 Å². The number of benzene rings is 1. The molecule has 90 valence electrons. The first-order valence-corrected chi connectivity index (χ1v) is 6.01. The van der Waals surface area contributed by atoms with Crippen LogP contribution in [0.2, 0.25) is 0 Å². The number of nitrogens with one attached hydrogen (secondary N) is 1. The van der Waals surface area contributed by atoms with Gasteiger partial charge in [-0.2, -0.15) is 0 Å². The molecule has 3 heteroatoms. The van der Waals surface area contributed by atoms with Crippen molar-refractivity contribution in [2.75, 3.05) is 0 Å². The Morgan fingerprint density at radius 1 is 1.24 bits per heavy atom. The summed E-state index contributed by atoms with van der Waals surface area (Å²) in [5.74, 6) is 0.863. The summed E-state index contributed by atoms with van der Waals surface area (Å²) in [7, 11) is 0. The number of aryl methyl sites for hydroxylation is 1. The molecule has 0 fully saturated rings. The molecule has 1 unspecified atom stereocenters. The van der Waals surface area contributed by atoms with Gasteiger partial charge >= 0.3 is 0 Å². The number of nitrogens with zero attached hydrogens (tertiary/aromatic N) is 1. The van der Waals surface area contributed by atoms with Crippen LogP contribution in [-0.2, 0) is 13.0 Å². The largest absolute Gasteiger partial charge is 0.360 e. The van der Waals surface area contributed by atoms with Gasteiger partial charge in [-0.05, 0) is 24.5 Å². The lowest BCUT2D eigenvalue weighted by molar-refractivity contribution is 0.366. The summed E-state index contributed by atoms with van der Waals surface area (Å²) in [5.41, 5.74) is 2.66. The molecule has 1 atom stereocenters. The van der Waals surface area contributed by atoms with Crippen LogP contribution in [0.3, 0.4) is 0 Å². The van der Waals surface area contributed by atoms with E-state index in [9.17, 15) is 0 Å². The third kappa shape index (κ3) is 3.17. The summed E-state index contributed by atoms with van der Waals surface area (Å²) in [6, 6.07) is 10.9. The van der Waals surface area contributed by atoms with Crippen molar-refractivity contribution in [3.8, 4) is 0 Å². The summed E-state index contributed by atoms with van der Waals surface area (Å²) < 4.78 is 5.04. The first kappa shape index (κ1) is 11.9. The molecule has 0 saturated heterocycles. The SMILES string of the molecule is CCc1ccc(C(C)NCc2ccno2)cc1. The molecule has 1 aromatic carbocycles. The Labute approximate surface area is 102 Å². The highest BCUT2D eigenvalue weighted by atomic mass is 16.5. The monoisotopic (exact) mass is 230 g/mol. The molecule has 0 aliphatic carbocycles. The molecule has 17 heavy (non-hydrogen) atoms. The quantitative estimate of drug-likeness (QED) is 0.857. The Morgan fingerprint density at radius 3 is 2.59 bits per heavy atom. The van der Waals surface area contributed by atoms with E-state index in [0.29, 0.717) is 12.6 Å². The van der Waals surface area contributed by atoms with Gasteiger partial charge in [0.2, 0.25) is 0 Å². The fourth-order valence-electron chi connectivity index (χ4n) is 1.75. The Morgan fingerprint density at radius 2 is 2.00 bits per heavy atom. The third-order valence-electron chi connectivity index (χ3n) is 2.96. The Bertz CT molecular complexity index is 434. The highest BCUT2D eigenvalue weighted by Gasteiger charge is 2.05. The van der Waals surface area contributed by atoms with Crippen LogP contribution in [0.15, 0.2) is 41.1 Å². The Balaban J connectivity index is 1.92. The summed E-state index contributed by atoms with van der Waals surface area (Å²) >= 11 is 0. The van der Waals surface area contributed by atoms with Crippen LogP contribution in [-0.4, -0.2) is 5.16 Å². The van der Waals surface area contributed by atoms with Crippen LogP contribution >= 0.6 is 0 Å². The van der Waals surface area contributed by atoms with Crippen LogP contribution in [0.25, 0.3) is 0 Å². The number of hydrogen-bond donors (Lipinski definition) is 1. The first-order chi connectivity index (χ1) is 8.29. The summed E-state index contributed by atoms with van der Waals surface area (Å²) in [6.45, 7) is 5.02. The summed E-state index contributed by atoms with van der Waals surface area (Å²) in [6.07, 6.45) is 2.75. The zero-order valence-corrected chi connectivity index (χ0v) is 10.3. The summed E-state index contributed by atoms with van der Waals surface area (Å²) in [4.78, 5) is 0. The van der Waals surface area contributed by atoms with E-state index in [4.69, 9.17) is 4.52 Å². The molecule has 0 saturated carbocycles. The van der Waals surface area contributed by atoms with Gasteiger partial charge in [-0.15, -0.1) is 0 Å². The minimum absolute atomic E-state index is 0.311. The molecule has 3 nitrogen and oxygen atoms in total. The lowest BCUT2D eigenvalue weighted by atomic mass is 10.1. The minimum Gasteiger partial charge on any atom is -0.360 e. The lowest BCUT2D eigenvalue weighted by Crippen LogP contribution is -2.17. The predicted molar refractivity (Wildman–Crippen MR) is 67.6 cm³/mol. The van der Waals surface area contributed by atoms with Crippen LogP contribution < -0.4 is 5.32 Å². The molecule has 1 heterocycles. The van der Waals surface area contributed by atoms with Crippen LogP contribution in [0.4, 0.5) is 0 Å². The van der Waals surface area contributed by atoms with Gasteiger partial charge in [0, 0.05) is 12.1 Å². The fraction of sp³-hybridized carbons (Fsp3) is 0.357. The van der Waals surface area contributed by atoms with E-state index in [1.54, 1.807) is 6.20 Å². The highest BCUT2D eigenvalue weighted by Crippen LogP contribution is 2.14. The number of rotatable bonds is 5. The van der Waals surface area contributed by atoms with Crippen LogP contribution in [0.1, 0.15) is 36.8 Å². The number of aromatic nitrogens is 1. The highest BCUT2D eigenvalue weighted by molar-refractivity contribution is 5.24. The molecule has 1 N–H and O–H groups in total. The van der Waals surface area contributed by atoms with Crippen molar-refractivity contribution in [2.24, 2.45) is 0 Å². The van der Waals surface area contributed by atoms with Gasteiger partial charge in [-0.25, -0.2) is 0 Å². The van der Waals surface area contributed by atoms with Crippen LogP contribution in [0.5, 0.6) is 0 Å². The van der Waals surface area contributed by atoms with Gasteiger partial charge in [0.15, 0.2) is 0 Å². The van der Waals surface area contributed by atoms with Gasteiger partial charge in [0.05, 0.1) is 12.7 Å². The van der Waals surface area contributed by atoms with Gasteiger partial charge in [-0.1, -0.05) is 36.3 Å². The average Bonchev–Trinajstić information content (AvgIpc) is 2.89. The topological polar surface area (TPSA) is 38.1 Å². The maximum absolute atomic E-state index is 5.04. The zero-order chi connectivity index (χ0) is 12.1. The van der Waals surface area contributed by atoms with Crippen molar-refractivity contribution in [2.45, 2.75) is 32.9 Å². The van der Waals surface area contributed by atoms with Gasteiger partial charge in [0.1, 0.15) is 5.76 Å². The predicted octanol–water partition coefficient (Wildman–Crippen LogP) is 3.09. The third-order valence-corrected chi connectivity index (χ3v) is 2.96. The molecule has 2 rings (SSSR count). The van der Waals surface area contributed by atoms with E-state index in [1.165, 1.54) is 11.1 Å². The van der Waals surface area contributed by atoms with Crippen molar-refractivity contribution in [1.29, 1.82) is 0 Å². The lowest BCUT2D eigenvalue weighted by Gasteiger charge is -2.13. The minimum atomic E-state index is 0.311. The average molecular weight is 230 g/mol. The van der Waals surface area contributed by atoms with E-state index in [-0.39, 0.29) is 0 Å². The first-order valence-electron chi connectivity index (χ1n) is 6.01. The van der Waals surface area contributed by atoms with E-state index < -0.39 is 0 Å². The molecular weight excluding hydrogens is 212 g/mol. The number of hydrogen-bond acceptors (Lipinski definition) is 3. The van der Waals surface area contributed by atoms with E-state index >= 15 is 0 Å². The summed E-state index contributed by atoms with van der Waals surface area (Å²) in [5, 5.41) is 7.09. The molecular formula is C14H18N2O. The zero-order valence-electron chi connectivity index (χ0n) is 10.3. The molecule has 0 bridgehead atoms. The van der Waals surface area contributed by atoms with Crippen molar-refractivity contribution in [3.63, 3.8) is 0 Å². The molecule has 0 radical (unpaired) electrons. The van der Waals surface area contributed by atoms with Crippen molar-refractivity contribution in [1.82, 2.24) is 10.5 Å². The second-order valence-electron chi connectivity index (χ2n) is 4.18. The van der Waals surface area contributed by atoms with Crippen molar-refractivity contribution < 1.29 is 4.52 Å². The van der Waals surface area contributed by atoms with E-state index in [0.717, 1.165) is 12.2 Å². The van der Waals surface area contributed by atoms with E-state index in [1.807, 2.05) is 6.07 Å². The molecule has 0 aliphatic heterocycles. The fourth-order valence-corrected chi connectivity index (χ4v) is 1.75. The standard InChI is InChI=1S/C14H18N2O/c1-3-12-4-6-13(7-5-12)11(2)15-10-14-8-9-16-17-14/h4-9,11,15H,3,10H2,1-2H3. The molecule has 0 amide bonds. The normalized spacial score (nSPS) is 12.6. The molecule has 0 spiro atoms. The smallest absolute Gasteiger partial charge is 0.150 e. The molecule has 1 aromatic heterocycles. The second kappa shape index (κ2) is 5.64. The molecule has 2 aromatic rings. The van der Waals surface area contributed by atoms with Crippen molar-refractivity contribution >= 4 is 0 Å². The maximum atomic E-state index is 5.04.